The van der Waals surface area contributed by atoms with Crippen LogP contribution in [0.4, 0.5) is 4.79 Å². The Kier molecular flexibility index (Phi) is 2.77. The number of aromatic amines is 1. The molecule has 0 spiro atoms. The number of aromatic nitrogens is 4. The lowest BCUT2D eigenvalue weighted by atomic mass is 10.6. The monoisotopic (exact) mass is 233 g/mol. The fraction of sp³-hybridized carbons (Fsp3) is 0. The van der Waals surface area contributed by atoms with Gasteiger partial charge in [-0.05, 0) is 6.08 Å². The van der Waals surface area contributed by atoms with Gasteiger partial charge in [-0.1, -0.05) is 6.58 Å². The largest absolute Gasteiger partial charge is 0.421 e. The van der Waals surface area contributed by atoms with Gasteiger partial charge in [0.05, 0.1) is 6.20 Å². The van der Waals surface area contributed by atoms with Crippen molar-refractivity contribution in [2.45, 2.75) is 0 Å². The van der Waals surface area contributed by atoms with E-state index in [4.69, 9.17) is 4.74 Å². The molecule has 2 heterocycles. The molecule has 8 nitrogen and oxygen atoms in total. The number of H-pyrrole nitrogens is 1. The standard InChI is InChI=1S/C9H7N5O3/c1-2-6(15)13-9(16)17-8-12-5-3-10-4-11-7(5)14-8/h2-4H,1H2,(H,13,15,16)(H,10,11,12,14). The van der Waals surface area contributed by atoms with Crippen LogP contribution in [-0.4, -0.2) is 31.9 Å². The molecule has 2 rings (SSSR count). The smallest absolute Gasteiger partial charge is 0.375 e. The number of hydrogen-bond acceptors (Lipinski definition) is 6. The Balaban J connectivity index is 2.10. The van der Waals surface area contributed by atoms with Crippen LogP contribution in [0, 0.1) is 0 Å². The molecule has 0 bridgehead atoms. The Morgan fingerprint density at radius 1 is 1.53 bits per heavy atom. The van der Waals surface area contributed by atoms with Gasteiger partial charge in [0.2, 0.25) is 0 Å². The molecule has 0 aliphatic carbocycles. The summed E-state index contributed by atoms with van der Waals surface area (Å²) >= 11 is 0. The van der Waals surface area contributed by atoms with Crippen LogP contribution >= 0.6 is 0 Å². The molecule has 0 aromatic carbocycles. The van der Waals surface area contributed by atoms with Gasteiger partial charge in [0.1, 0.15) is 11.8 Å². The molecule has 2 amide bonds. The van der Waals surface area contributed by atoms with E-state index in [-0.39, 0.29) is 6.01 Å². The average molecular weight is 233 g/mol. The summed E-state index contributed by atoms with van der Waals surface area (Å²) < 4.78 is 4.72. The molecule has 0 aliphatic heterocycles. The Labute approximate surface area is 94.7 Å². The molecule has 0 atom stereocenters. The van der Waals surface area contributed by atoms with Gasteiger partial charge in [0.25, 0.3) is 5.91 Å². The van der Waals surface area contributed by atoms with E-state index in [9.17, 15) is 9.59 Å². The number of carbonyl (C=O) groups is 2. The zero-order valence-corrected chi connectivity index (χ0v) is 8.51. The van der Waals surface area contributed by atoms with Crippen LogP contribution in [0.15, 0.2) is 25.2 Å². The zero-order chi connectivity index (χ0) is 12.3. The molecule has 0 unspecified atom stereocenters. The van der Waals surface area contributed by atoms with Gasteiger partial charge in [-0.3, -0.25) is 15.1 Å². The van der Waals surface area contributed by atoms with E-state index in [2.05, 4.69) is 26.5 Å². The van der Waals surface area contributed by atoms with E-state index in [1.165, 1.54) is 12.5 Å². The van der Waals surface area contributed by atoms with Crippen LogP contribution in [0.2, 0.25) is 0 Å². The Morgan fingerprint density at radius 2 is 2.35 bits per heavy atom. The van der Waals surface area contributed by atoms with Gasteiger partial charge in [-0.15, -0.1) is 0 Å². The van der Waals surface area contributed by atoms with Crippen molar-refractivity contribution in [3.05, 3.63) is 25.2 Å². The van der Waals surface area contributed by atoms with Gasteiger partial charge >= 0.3 is 12.1 Å². The van der Waals surface area contributed by atoms with Crippen LogP contribution in [0.3, 0.4) is 0 Å². The molecule has 0 aliphatic rings. The Hall–Kier alpha value is -2.77. The van der Waals surface area contributed by atoms with Crippen LogP contribution < -0.4 is 10.1 Å². The molecule has 0 saturated carbocycles. The van der Waals surface area contributed by atoms with E-state index in [0.29, 0.717) is 11.2 Å². The number of imidazole rings is 1. The van der Waals surface area contributed by atoms with E-state index < -0.39 is 12.0 Å². The Bertz CT molecular complexity index is 558. The molecule has 2 aromatic heterocycles. The second-order valence-corrected chi connectivity index (χ2v) is 2.88. The fourth-order valence-corrected chi connectivity index (χ4v) is 1.05. The lowest BCUT2D eigenvalue weighted by molar-refractivity contribution is -0.115. The number of amides is 2. The highest BCUT2D eigenvalue weighted by Gasteiger charge is 2.11. The van der Waals surface area contributed by atoms with Crippen molar-refractivity contribution < 1.29 is 14.3 Å². The lowest BCUT2D eigenvalue weighted by Gasteiger charge is -1.99. The highest BCUT2D eigenvalue weighted by Crippen LogP contribution is 2.11. The zero-order valence-electron chi connectivity index (χ0n) is 8.51. The summed E-state index contributed by atoms with van der Waals surface area (Å²) in [5, 5.41) is 1.91. The topological polar surface area (TPSA) is 110 Å². The van der Waals surface area contributed by atoms with Crippen LogP contribution in [0.5, 0.6) is 6.01 Å². The molecule has 2 aromatic rings. The van der Waals surface area contributed by atoms with Crippen molar-refractivity contribution in [3.63, 3.8) is 0 Å². The molecular weight excluding hydrogens is 226 g/mol. The fourth-order valence-electron chi connectivity index (χ4n) is 1.05. The van der Waals surface area contributed by atoms with Gasteiger partial charge < -0.3 is 4.74 Å². The summed E-state index contributed by atoms with van der Waals surface area (Å²) in [6, 6.07) is -0.0742. The molecular formula is C9H7N5O3. The summed E-state index contributed by atoms with van der Waals surface area (Å²) in [6.07, 6.45) is 2.78. The van der Waals surface area contributed by atoms with E-state index in [1.807, 2.05) is 5.32 Å². The summed E-state index contributed by atoms with van der Waals surface area (Å²) in [5.41, 5.74) is 0.878. The second kappa shape index (κ2) is 4.39. The maximum atomic E-state index is 11.2. The van der Waals surface area contributed by atoms with Crippen LogP contribution in [0.25, 0.3) is 11.2 Å². The quantitative estimate of drug-likeness (QED) is 0.714. The van der Waals surface area contributed by atoms with Crippen molar-refractivity contribution in [3.8, 4) is 6.01 Å². The van der Waals surface area contributed by atoms with Gasteiger partial charge in [0, 0.05) is 0 Å². The third-order valence-corrected chi connectivity index (χ3v) is 1.74. The maximum Gasteiger partial charge on any atom is 0.421 e. The van der Waals surface area contributed by atoms with Crippen LogP contribution in [0.1, 0.15) is 0 Å². The molecule has 0 saturated heterocycles. The molecule has 0 fully saturated rings. The molecule has 86 valence electrons. The van der Waals surface area contributed by atoms with E-state index in [1.54, 1.807) is 0 Å². The van der Waals surface area contributed by atoms with Crippen LogP contribution in [-0.2, 0) is 4.79 Å². The SMILES string of the molecule is C=CC(=O)NC(=O)Oc1nc2cncnc2[nH]1. The highest BCUT2D eigenvalue weighted by atomic mass is 16.6. The second-order valence-electron chi connectivity index (χ2n) is 2.88. The van der Waals surface area contributed by atoms with E-state index in [0.717, 1.165) is 6.08 Å². The summed E-state index contributed by atoms with van der Waals surface area (Å²) in [4.78, 5) is 36.1. The predicted octanol–water partition coefficient (Wildman–Crippen LogP) is 0.154. The first-order valence-corrected chi connectivity index (χ1v) is 4.50. The predicted molar refractivity (Wildman–Crippen MR) is 56.0 cm³/mol. The minimum absolute atomic E-state index is 0.0742. The first-order valence-electron chi connectivity index (χ1n) is 4.50. The first-order chi connectivity index (χ1) is 8.19. The Morgan fingerprint density at radius 3 is 3.06 bits per heavy atom. The number of nitrogens with one attached hydrogen (secondary N) is 2. The summed E-state index contributed by atoms with van der Waals surface area (Å²) in [7, 11) is 0. The minimum atomic E-state index is -0.957. The third kappa shape index (κ3) is 2.43. The van der Waals surface area contributed by atoms with Crippen molar-refractivity contribution in [2.24, 2.45) is 0 Å². The van der Waals surface area contributed by atoms with Crippen molar-refractivity contribution >= 4 is 23.2 Å². The van der Waals surface area contributed by atoms with Gasteiger partial charge in [0.15, 0.2) is 5.65 Å². The van der Waals surface area contributed by atoms with Crippen molar-refractivity contribution in [2.75, 3.05) is 0 Å². The van der Waals surface area contributed by atoms with Crippen molar-refractivity contribution in [1.29, 1.82) is 0 Å². The van der Waals surface area contributed by atoms with E-state index >= 15 is 0 Å². The summed E-state index contributed by atoms with van der Waals surface area (Å²) in [6.45, 7) is 3.19. The number of fused-ring (bicyclic) bond motifs is 1. The number of carbonyl (C=O) groups excluding carboxylic acids is 2. The minimum Gasteiger partial charge on any atom is -0.375 e. The number of nitrogens with zero attached hydrogens (tertiary/aromatic N) is 3. The molecule has 8 heteroatoms. The molecule has 17 heavy (non-hydrogen) atoms. The van der Waals surface area contributed by atoms with Crippen molar-refractivity contribution in [1.82, 2.24) is 25.3 Å². The first kappa shape index (κ1) is 10.7. The summed E-state index contributed by atoms with van der Waals surface area (Å²) in [5.74, 6) is -0.661. The van der Waals surface area contributed by atoms with Gasteiger partial charge in [-0.2, -0.15) is 4.98 Å². The maximum absolute atomic E-state index is 11.2. The highest BCUT2D eigenvalue weighted by molar-refractivity contribution is 5.98. The molecule has 2 N–H and O–H groups in total. The number of imide groups is 1. The average Bonchev–Trinajstić information content (AvgIpc) is 2.70. The van der Waals surface area contributed by atoms with Gasteiger partial charge in [-0.25, -0.2) is 14.8 Å². The number of ether oxygens (including phenoxy) is 1. The normalized spacial score (nSPS) is 9.88. The number of hydrogen-bond donors (Lipinski definition) is 2. The molecule has 0 radical (unpaired) electrons. The lowest BCUT2D eigenvalue weighted by Crippen LogP contribution is -2.31. The number of rotatable bonds is 2. The third-order valence-electron chi connectivity index (χ3n) is 1.74.